The van der Waals surface area contributed by atoms with Gasteiger partial charge in [-0.2, -0.15) is 0 Å². The van der Waals surface area contributed by atoms with E-state index in [9.17, 15) is 15.3 Å². The van der Waals surface area contributed by atoms with Crippen LogP contribution in [0.2, 0.25) is 0 Å². The van der Waals surface area contributed by atoms with Gasteiger partial charge >= 0.3 is 0 Å². The van der Waals surface area contributed by atoms with Gasteiger partial charge < -0.3 is 25.4 Å². The van der Waals surface area contributed by atoms with E-state index in [1.807, 2.05) is 6.92 Å². The molecule has 0 aromatic heterocycles. The molecule has 2 rings (SSSR count). The van der Waals surface area contributed by atoms with Gasteiger partial charge in [-0.3, -0.25) is 4.99 Å². The van der Waals surface area contributed by atoms with E-state index in [0.29, 0.717) is 6.42 Å². The number of ether oxygens (including phenoxy) is 1. The molecule has 0 bridgehead atoms. The molecule has 4 N–H and O–H groups in total. The van der Waals surface area contributed by atoms with E-state index in [1.54, 1.807) is 0 Å². The summed E-state index contributed by atoms with van der Waals surface area (Å²) >= 11 is 1.42. The fourth-order valence-electron chi connectivity index (χ4n) is 2.60. The summed E-state index contributed by atoms with van der Waals surface area (Å²) < 4.78 is 5.81. The molecule has 1 fully saturated rings. The maximum Gasteiger partial charge on any atom is 0.159 e. The van der Waals surface area contributed by atoms with E-state index in [1.165, 1.54) is 11.8 Å². The lowest BCUT2D eigenvalue weighted by Crippen LogP contribution is -2.58. The summed E-state index contributed by atoms with van der Waals surface area (Å²) in [5, 5.41) is 34.5. The van der Waals surface area contributed by atoms with Crippen LogP contribution in [-0.2, 0) is 4.74 Å². The van der Waals surface area contributed by atoms with Gasteiger partial charge in [-0.1, -0.05) is 38.5 Å². The molecule has 0 aromatic carbocycles. The van der Waals surface area contributed by atoms with Gasteiger partial charge in [-0.05, 0) is 12.8 Å². The molecular weight excluding hydrogens is 292 g/mol. The molecule has 0 aromatic rings. The third-order valence-electron chi connectivity index (χ3n) is 3.86. The molecule has 0 spiro atoms. The average molecular weight is 318 g/mol. The number of aliphatic hydroxyl groups excluding tert-OH is 3. The Morgan fingerprint density at radius 3 is 2.71 bits per heavy atom. The highest BCUT2D eigenvalue weighted by atomic mass is 32.2. The van der Waals surface area contributed by atoms with Crippen molar-refractivity contribution in [2.24, 2.45) is 4.99 Å². The van der Waals surface area contributed by atoms with Gasteiger partial charge in [0.2, 0.25) is 0 Å². The predicted molar refractivity (Wildman–Crippen MR) is 83.3 cm³/mol. The molecule has 7 heteroatoms. The first kappa shape index (κ1) is 17.0. The molecule has 0 aliphatic carbocycles. The van der Waals surface area contributed by atoms with Gasteiger partial charge in [-0.15, -0.1) is 0 Å². The van der Waals surface area contributed by atoms with Crippen LogP contribution >= 0.6 is 11.8 Å². The summed E-state index contributed by atoms with van der Waals surface area (Å²) in [7, 11) is 0. The molecule has 0 radical (unpaired) electrons. The third-order valence-corrected chi connectivity index (χ3v) is 4.95. The zero-order valence-corrected chi connectivity index (χ0v) is 13.4. The van der Waals surface area contributed by atoms with Gasteiger partial charge in [0.15, 0.2) is 5.17 Å². The van der Waals surface area contributed by atoms with Gasteiger partial charge in [0.05, 0.1) is 6.10 Å². The van der Waals surface area contributed by atoms with Crippen LogP contribution in [-0.4, -0.2) is 62.9 Å². The lowest BCUT2D eigenvalue weighted by atomic mass is 9.93. The van der Waals surface area contributed by atoms with Gasteiger partial charge in [0.1, 0.15) is 29.8 Å². The number of rotatable bonds is 6. The Hall–Kier alpha value is -0.340. The number of hydrogen-bond acceptors (Lipinski definition) is 7. The van der Waals surface area contributed by atoms with Crippen molar-refractivity contribution >= 4 is 16.9 Å². The molecule has 0 amide bonds. The summed E-state index contributed by atoms with van der Waals surface area (Å²) in [5.41, 5.74) is -0.343. The van der Waals surface area contributed by atoms with Crippen molar-refractivity contribution in [3.05, 3.63) is 0 Å². The maximum absolute atomic E-state index is 10.2. The van der Waals surface area contributed by atoms with Crippen LogP contribution in [0.1, 0.15) is 39.5 Å². The second kappa shape index (κ2) is 7.78. The lowest BCUT2D eigenvalue weighted by Gasteiger charge is -2.40. The van der Waals surface area contributed by atoms with Gasteiger partial charge in [0, 0.05) is 6.54 Å². The number of thioether (sulfide) groups is 1. The monoisotopic (exact) mass is 318 g/mol. The van der Waals surface area contributed by atoms with E-state index in [-0.39, 0.29) is 5.44 Å². The number of unbranched alkanes of at least 4 members (excludes halogenated alkanes) is 1. The zero-order valence-electron chi connectivity index (χ0n) is 12.6. The number of fused-ring (bicyclic) bond motifs is 1. The Bertz CT molecular complexity index is 369. The summed E-state index contributed by atoms with van der Waals surface area (Å²) in [5.74, 6) is 0. The molecule has 122 valence electrons. The minimum absolute atomic E-state index is 0.343. The molecule has 2 aliphatic rings. The van der Waals surface area contributed by atoms with Crippen LogP contribution in [0, 0.1) is 0 Å². The fourth-order valence-corrected chi connectivity index (χ4v) is 3.73. The van der Waals surface area contributed by atoms with E-state index in [0.717, 1.165) is 31.0 Å². The summed E-state index contributed by atoms with van der Waals surface area (Å²) in [6.45, 7) is 4.92. The van der Waals surface area contributed by atoms with E-state index in [2.05, 4.69) is 17.2 Å². The smallest absolute Gasteiger partial charge is 0.159 e. The number of nitrogens with zero attached hydrogens (tertiary/aromatic N) is 1. The largest absolute Gasteiger partial charge is 0.390 e. The summed E-state index contributed by atoms with van der Waals surface area (Å²) in [6.07, 6.45) is -0.229. The number of hydrogen-bond donors (Lipinski definition) is 4. The van der Waals surface area contributed by atoms with Gasteiger partial charge in [0.25, 0.3) is 0 Å². The first-order valence-electron chi connectivity index (χ1n) is 7.76. The minimum atomic E-state index is -1.10. The Balaban J connectivity index is 1.98. The fraction of sp³-hybridized carbons (Fsp3) is 0.929. The number of aliphatic hydroxyl groups is 3. The summed E-state index contributed by atoms with van der Waals surface area (Å²) in [6, 6.07) is -0.473. The van der Waals surface area contributed by atoms with Crippen LogP contribution in [0.15, 0.2) is 4.99 Å². The van der Waals surface area contributed by atoms with Crippen molar-refractivity contribution in [2.45, 2.75) is 75.4 Å². The van der Waals surface area contributed by atoms with Crippen LogP contribution in [0.3, 0.4) is 0 Å². The second-order valence-corrected chi connectivity index (χ2v) is 6.72. The van der Waals surface area contributed by atoms with Crippen LogP contribution in [0.4, 0.5) is 0 Å². The number of amidine groups is 1. The molecule has 0 saturated carbocycles. The quantitative estimate of drug-likeness (QED) is 0.568. The SMILES string of the molecule is CCCC[C@@H](O)[C@H]1O[C@@H]2SC(NCCC)=N[C@@H]2[C@@H](O)[C@@H]1O. The minimum Gasteiger partial charge on any atom is -0.390 e. The molecule has 1 saturated heterocycles. The van der Waals surface area contributed by atoms with Crippen LogP contribution in [0.5, 0.6) is 0 Å². The highest BCUT2D eigenvalue weighted by Crippen LogP contribution is 2.37. The summed E-state index contributed by atoms with van der Waals surface area (Å²) in [4.78, 5) is 4.39. The Morgan fingerprint density at radius 1 is 1.29 bits per heavy atom. The van der Waals surface area contributed by atoms with Crippen molar-refractivity contribution in [3.63, 3.8) is 0 Å². The average Bonchev–Trinajstić information content (AvgIpc) is 2.89. The lowest BCUT2D eigenvalue weighted by molar-refractivity contribution is -0.185. The normalized spacial score (nSPS) is 37.0. The van der Waals surface area contributed by atoms with Crippen LogP contribution in [0.25, 0.3) is 0 Å². The Kier molecular flexibility index (Phi) is 6.31. The molecule has 21 heavy (non-hydrogen) atoms. The van der Waals surface area contributed by atoms with Gasteiger partial charge in [-0.25, -0.2) is 0 Å². The molecule has 2 heterocycles. The highest BCUT2D eigenvalue weighted by Gasteiger charge is 2.49. The zero-order chi connectivity index (χ0) is 15.4. The van der Waals surface area contributed by atoms with Crippen molar-refractivity contribution in [2.75, 3.05) is 6.54 Å². The van der Waals surface area contributed by atoms with Crippen molar-refractivity contribution in [1.82, 2.24) is 5.32 Å². The molecule has 6 atom stereocenters. The van der Waals surface area contributed by atoms with Crippen molar-refractivity contribution in [1.29, 1.82) is 0 Å². The Labute approximate surface area is 130 Å². The molecule has 6 nitrogen and oxygen atoms in total. The molecular formula is C14H26N2O4S. The topological polar surface area (TPSA) is 94.3 Å². The number of aliphatic imine (C=N–C) groups is 1. The predicted octanol–water partition coefficient (Wildman–Crippen LogP) is 0.455. The van der Waals surface area contributed by atoms with E-state index < -0.39 is 30.5 Å². The van der Waals surface area contributed by atoms with E-state index in [4.69, 9.17) is 4.74 Å². The first-order chi connectivity index (χ1) is 10.1. The van der Waals surface area contributed by atoms with E-state index >= 15 is 0 Å². The number of nitrogens with one attached hydrogen (secondary N) is 1. The van der Waals surface area contributed by atoms with Crippen molar-refractivity contribution in [3.8, 4) is 0 Å². The molecule has 2 aliphatic heterocycles. The van der Waals surface area contributed by atoms with Crippen LogP contribution < -0.4 is 5.32 Å². The standard InChI is InChI=1S/C14H26N2O4S/c1-3-5-6-8(17)12-11(19)10(18)9-13(20-12)21-14(16-9)15-7-4-2/h8-13,17-19H,3-7H2,1-2H3,(H,15,16)/t8-,9-,10-,11+,12-,13-/m1/s1. The highest BCUT2D eigenvalue weighted by molar-refractivity contribution is 8.14. The maximum atomic E-state index is 10.2. The first-order valence-corrected chi connectivity index (χ1v) is 8.64. The second-order valence-electron chi connectivity index (χ2n) is 5.63. The molecule has 0 unspecified atom stereocenters. The Morgan fingerprint density at radius 2 is 2.05 bits per heavy atom. The third kappa shape index (κ3) is 3.90. The van der Waals surface area contributed by atoms with Crippen molar-refractivity contribution < 1.29 is 20.1 Å².